The van der Waals surface area contributed by atoms with Crippen molar-refractivity contribution >= 4 is 19.9 Å². The second-order valence-electron chi connectivity index (χ2n) is 10.6. The number of aryl methyl sites for hydroxylation is 3. The average Bonchev–Trinajstić information content (AvgIpc) is 2.97. The molecule has 1 spiro atoms. The highest BCUT2D eigenvalue weighted by Gasteiger charge is 2.71. The number of rotatable bonds is 1. The smallest absolute Gasteiger partial charge is 0.617 e. The van der Waals surface area contributed by atoms with Crippen LogP contribution in [0.15, 0.2) is 41.6 Å². The molecule has 2 heterocycles. The van der Waals surface area contributed by atoms with Gasteiger partial charge in [0.15, 0.2) is 7.49 Å². The van der Waals surface area contributed by atoms with Crippen LogP contribution in [0.1, 0.15) is 63.8 Å². The van der Waals surface area contributed by atoms with Gasteiger partial charge in [-0.3, -0.25) is 0 Å². The third-order valence-electron chi connectivity index (χ3n) is 6.04. The fraction of sp³-hybridized carbons (Fsp3) is 0.458. The van der Waals surface area contributed by atoms with E-state index in [1.54, 1.807) is 0 Å². The Labute approximate surface area is 186 Å². The normalized spacial score (nSPS) is 19.2. The van der Waals surface area contributed by atoms with Gasteiger partial charge in [0.1, 0.15) is 21.8 Å². The van der Waals surface area contributed by atoms with Crippen molar-refractivity contribution in [1.29, 1.82) is 0 Å². The molecule has 0 saturated heterocycles. The van der Waals surface area contributed by atoms with Gasteiger partial charge in [0, 0.05) is 5.56 Å². The first kappa shape index (κ1) is 22.2. The molecule has 2 aliphatic rings. The minimum Gasteiger partial charge on any atom is -0.617 e. The van der Waals surface area contributed by atoms with Crippen molar-refractivity contribution in [2.24, 2.45) is 5.16 Å². The van der Waals surface area contributed by atoms with Crippen molar-refractivity contribution in [3.63, 3.8) is 0 Å². The summed E-state index contributed by atoms with van der Waals surface area (Å²) < 4.78 is 25.3. The summed E-state index contributed by atoms with van der Waals surface area (Å²) >= 11 is 0. The van der Waals surface area contributed by atoms with E-state index in [0.717, 1.165) is 11.0 Å². The lowest BCUT2D eigenvalue weighted by molar-refractivity contribution is 0.111. The van der Waals surface area contributed by atoms with E-state index in [0.29, 0.717) is 11.5 Å². The molecule has 0 fully saturated rings. The van der Waals surface area contributed by atoms with Gasteiger partial charge in [-0.2, -0.15) is 0 Å². The van der Waals surface area contributed by atoms with Crippen LogP contribution in [0.2, 0.25) is 0 Å². The molecule has 2 aromatic carbocycles. The molecule has 0 N–H and O–H groups in total. The highest BCUT2D eigenvalue weighted by molar-refractivity contribution is 7.91. The summed E-state index contributed by atoms with van der Waals surface area (Å²) in [6, 6.07) is 11.9. The molecule has 166 valence electrons. The monoisotopic (exact) mass is 441 g/mol. The van der Waals surface area contributed by atoms with Crippen molar-refractivity contribution in [2.75, 3.05) is 0 Å². The van der Waals surface area contributed by atoms with Crippen molar-refractivity contribution in [3.8, 4) is 11.5 Å². The lowest BCUT2D eigenvalue weighted by atomic mass is 10.0. The first-order chi connectivity index (χ1) is 14.3. The molecule has 0 radical (unpaired) electrons. The number of nitrogens with zero attached hydrogens (tertiary/aromatic N) is 1. The molecule has 0 bridgehead atoms. The van der Waals surface area contributed by atoms with E-state index in [1.807, 2.05) is 24.3 Å². The summed E-state index contributed by atoms with van der Waals surface area (Å²) in [4.78, 5) is 0. The van der Waals surface area contributed by atoms with E-state index < -0.39 is 14.4 Å². The number of para-hydroxylation sites is 2. The first-order valence-electron chi connectivity index (χ1n) is 10.8. The molecule has 0 aromatic heterocycles. The summed E-state index contributed by atoms with van der Waals surface area (Å²) in [5.74, 6) is 1.23. The Bertz CT molecular complexity index is 1010. The second kappa shape index (κ2) is 6.98. The van der Waals surface area contributed by atoms with E-state index in [2.05, 4.69) is 74.4 Å². The quantitative estimate of drug-likeness (QED) is 0.363. The molecule has 0 unspecified atom stereocenters. The average molecular weight is 441 g/mol. The van der Waals surface area contributed by atoms with E-state index in [9.17, 15) is 0 Å². The van der Waals surface area contributed by atoms with Gasteiger partial charge in [0.25, 0.3) is 0 Å². The molecule has 4 rings (SSSR count). The zero-order chi connectivity index (χ0) is 22.8. The molecule has 2 aromatic rings. The minimum atomic E-state index is -2.53. The van der Waals surface area contributed by atoms with Gasteiger partial charge in [0.05, 0.1) is 0 Å². The summed E-state index contributed by atoms with van der Waals surface area (Å²) in [6.45, 7) is 17.2. The Morgan fingerprint density at radius 1 is 0.806 bits per heavy atom. The van der Waals surface area contributed by atoms with Gasteiger partial charge in [-0.05, 0) is 85.6 Å². The second-order valence-corrected chi connectivity index (χ2v) is 15.1. The Hall–Kier alpha value is -2.04. The van der Waals surface area contributed by atoms with Crippen molar-refractivity contribution < 1.29 is 18.5 Å². The number of hydrogen-bond acceptors (Lipinski definition) is 5. The molecule has 0 atom stereocenters. The molecule has 0 amide bonds. The first-order valence-corrected chi connectivity index (χ1v) is 12.5. The standard InChI is InChI=1S/C24H33BNO4P/c1-16-14-17(2)21(18(3)15-16)22-26-29-25(27-19-12-10-11-13-20(19)28-25)30-31(22,23(4,5)6)24(7,8)9/h10-15H,1-9H3. The maximum absolute atomic E-state index is 7.02. The van der Waals surface area contributed by atoms with Gasteiger partial charge < -0.3 is 18.5 Å². The topological polar surface area (TPSA) is 49.3 Å². The van der Waals surface area contributed by atoms with Crippen LogP contribution in [0.4, 0.5) is 0 Å². The van der Waals surface area contributed by atoms with Crippen molar-refractivity contribution in [3.05, 3.63) is 58.7 Å². The molecule has 7 heteroatoms. The van der Waals surface area contributed by atoms with Gasteiger partial charge in [0.2, 0.25) is 5.45 Å². The third-order valence-corrected chi connectivity index (χ3v) is 11.3. The van der Waals surface area contributed by atoms with Crippen molar-refractivity contribution in [2.45, 2.75) is 72.6 Å². The number of hydrogen-bond donors (Lipinski definition) is 0. The van der Waals surface area contributed by atoms with Gasteiger partial charge >= 0.3 is 6.96 Å². The number of benzene rings is 2. The van der Waals surface area contributed by atoms with Crippen LogP contribution < -0.4 is 9.31 Å². The van der Waals surface area contributed by atoms with E-state index >= 15 is 0 Å². The largest absolute Gasteiger partial charge is 0.769 e. The van der Waals surface area contributed by atoms with E-state index in [-0.39, 0.29) is 10.3 Å². The molecule has 2 aliphatic heterocycles. The third kappa shape index (κ3) is 3.35. The van der Waals surface area contributed by atoms with Crippen LogP contribution in [-0.4, -0.2) is 22.7 Å². The molecular weight excluding hydrogens is 408 g/mol. The minimum absolute atomic E-state index is 0.242. The van der Waals surface area contributed by atoms with Crippen LogP contribution >= 0.6 is 7.49 Å². The Morgan fingerprint density at radius 2 is 1.29 bits per heavy atom. The fourth-order valence-electron chi connectivity index (χ4n) is 5.19. The number of oxime groups is 1. The highest BCUT2D eigenvalue weighted by Crippen LogP contribution is 2.81. The molecule has 31 heavy (non-hydrogen) atoms. The predicted molar refractivity (Wildman–Crippen MR) is 129 cm³/mol. The zero-order valence-electron chi connectivity index (χ0n) is 20.1. The number of fused-ring (bicyclic) bond motifs is 1. The van der Waals surface area contributed by atoms with Crippen LogP contribution in [0.3, 0.4) is 0 Å². The molecule has 0 saturated carbocycles. The zero-order valence-corrected chi connectivity index (χ0v) is 21.0. The summed E-state index contributed by atoms with van der Waals surface area (Å²) in [7, 11) is -2.50. The van der Waals surface area contributed by atoms with Crippen LogP contribution in [-0.2, 0) is 9.20 Å². The van der Waals surface area contributed by atoms with E-state index in [1.165, 1.54) is 16.7 Å². The van der Waals surface area contributed by atoms with Gasteiger partial charge in [-0.15, -0.1) is 0 Å². The summed E-state index contributed by atoms with van der Waals surface area (Å²) in [5.41, 5.74) is 5.55. The van der Waals surface area contributed by atoms with Gasteiger partial charge in [-0.25, -0.2) is 0 Å². The van der Waals surface area contributed by atoms with Crippen molar-refractivity contribution in [1.82, 2.24) is 0 Å². The lowest BCUT2D eigenvalue weighted by Gasteiger charge is -2.52. The van der Waals surface area contributed by atoms with Crippen LogP contribution in [0.25, 0.3) is 0 Å². The lowest BCUT2D eigenvalue weighted by Crippen LogP contribution is -2.58. The highest BCUT2D eigenvalue weighted by atomic mass is 31.2. The van der Waals surface area contributed by atoms with E-state index in [4.69, 9.17) is 23.7 Å². The maximum atomic E-state index is 7.02. The van der Waals surface area contributed by atoms with Crippen LogP contribution in [0, 0.1) is 20.8 Å². The molecule has 0 aliphatic carbocycles. The Balaban J connectivity index is 1.96. The van der Waals surface area contributed by atoms with Crippen LogP contribution in [0.5, 0.6) is 11.5 Å². The molecule has 5 nitrogen and oxygen atoms in total. The Kier molecular flexibility index (Phi) is 4.99. The van der Waals surface area contributed by atoms with Gasteiger partial charge in [-0.1, -0.05) is 35.0 Å². The summed E-state index contributed by atoms with van der Waals surface area (Å²) in [6.07, 6.45) is 0. The molecular formula is C24H33BNO4P. The SMILES string of the molecule is Cc1cc(C)c(C2=NO[B-]3(Oc4ccccc4O3)O[P+]2(C(C)(C)C)C(C)(C)C)c(C)c1. The Morgan fingerprint density at radius 3 is 1.74 bits per heavy atom. The predicted octanol–water partition coefficient (Wildman–Crippen LogP) is 6.76. The maximum Gasteiger partial charge on any atom is 0.769 e. The summed E-state index contributed by atoms with van der Waals surface area (Å²) in [5, 5.41) is 4.29. The fourth-order valence-corrected chi connectivity index (χ4v) is 10.6.